The van der Waals surface area contributed by atoms with E-state index in [1.807, 2.05) is 68.4 Å². The van der Waals surface area contributed by atoms with Crippen LogP contribution in [0.4, 0.5) is 0 Å². The molecule has 8 heteroatoms. The van der Waals surface area contributed by atoms with Crippen LogP contribution in [0, 0.1) is 13.8 Å². The van der Waals surface area contributed by atoms with Crippen molar-refractivity contribution in [2.45, 2.75) is 20.5 Å². The monoisotopic (exact) mass is 402 g/mol. The van der Waals surface area contributed by atoms with Gasteiger partial charge in [0.05, 0.1) is 5.69 Å². The van der Waals surface area contributed by atoms with E-state index >= 15 is 0 Å². The molecule has 5 aromatic rings. The Morgan fingerprint density at radius 2 is 1.79 bits per heavy atom. The third-order valence-corrected chi connectivity index (χ3v) is 5.54. The van der Waals surface area contributed by atoms with E-state index in [1.54, 1.807) is 4.52 Å². The lowest BCUT2D eigenvalue weighted by Gasteiger charge is -2.10. The number of fused-ring (bicyclic) bond motifs is 1. The molecule has 29 heavy (non-hydrogen) atoms. The van der Waals surface area contributed by atoms with Crippen molar-refractivity contribution in [2.24, 2.45) is 0 Å². The first-order valence-corrected chi connectivity index (χ1v) is 10.0. The van der Waals surface area contributed by atoms with E-state index in [0.717, 1.165) is 43.8 Å². The summed E-state index contributed by atoms with van der Waals surface area (Å²) >= 11 is 1.47. The van der Waals surface area contributed by atoms with Crippen LogP contribution in [0.5, 0.6) is 5.75 Å². The predicted octanol–water partition coefficient (Wildman–Crippen LogP) is 4.44. The standard InChI is InChI=1S/C21H18N6OS/c1-13-7-6-8-14(2)19(13)28-12-18-26-27-20(24-25-21(27)29-18)17-11-16(22-23-17)15-9-4-3-5-10-15/h3-11H,12H2,1-2H3,(H,22,23). The number of nitrogens with zero attached hydrogens (tertiary/aromatic N) is 5. The molecule has 0 bridgehead atoms. The normalized spacial score (nSPS) is 11.2. The average Bonchev–Trinajstić information content (AvgIpc) is 3.44. The Labute approximate surface area is 171 Å². The van der Waals surface area contributed by atoms with Gasteiger partial charge >= 0.3 is 0 Å². The summed E-state index contributed by atoms with van der Waals surface area (Å²) in [7, 11) is 0. The van der Waals surface area contributed by atoms with Crippen molar-refractivity contribution < 1.29 is 4.74 Å². The van der Waals surface area contributed by atoms with Crippen molar-refractivity contribution in [3.8, 4) is 28.5 Å². The minimum absolute atomic E-state index is 0.386. The molecule has 3 heterocycles. The fourth-order valence-electron chi connectivity index (χ4n) is 3.24. The molecule has 1 N–H and O–H groups in total. The van der Waals surface area contributed by atoms with Crippen molar-refractivity contribution in [1.29, 1.82) is 0 Å². The molecular weight excluding hydrogens is 384 g/mol. The molecule has 144 valence electrons. The van der Waals surface area contributed by atoms with Crippen molar-refractivity contribution in [3.63, 3.8) is 0 Å². The Morgan fingerprint density at radius 3 is 2.59 bits per heavy atom. The number of H-pyrrole nitrogens is 1. The Balaban J connectivity index is 1.41. The summed E-state index contributed by atoms with van der Waals surface area (Å²) in [5.74, 6) is 1.53. The molecule has 0 spiro atoms. The van der Waals surface area contributed by atoms with Gasteiger partial charge in [0.15, 0.2) is 5.01 Å². The second-order valence-corrected chi connectivity index (χ2v) is 7.80. The molecule has 5 rings (SSSR count). The molecule has 0 saturated carbocycles. The van der Waals surface area contributed by atoms with Crippen LogP contribution in [0.3, 0.4) is 0 Å². The summed E-state index contributed by atoms with van der Waals surface area (Å²) < 4.78 is 7.76. The third-order valence-electron chi connectivity index (χ3n) is 4.67. The first-order valence-electron chi connectivity index (χ1n) is 9.20. The number of aromatic nitrogens is 6. The molecule has 0 fully saturated rings. The molecule has 3 aromatic heterocycles. The quantitative estimate of drug-likeness (QED) is 0.470. The van der Waals surface area contributed by atoms with Gasteiger partial charge in [-0.2, -0.15) is 14.7 Å². The van der Waals surface area contributed by atoms with Gasteiger partial charge in [0.2, 0.25) is 10.8 Å². The van der Waals surface area contributed by atoms with Crippen LogP contribution in [0.15, 0.2) is 54.6 Å². The molecule has 0 atom stereocenters. The summed E-state index contributed by atoms with van der Waals surface area (Å²) in [6.45, 7) is 4.47. The maximum atomic E-state index is 6.03. The van der Waals surface area contributed by atoms with Gasteiger partial charge in [-0.1, -0.05) is 59.9 Å². The lowest BCUT2D eigenvalue weighted by molar-refractivity contribution is 0.300. The SMILES string of the molecule is Cc1cccc(C)c1OCc1nn2c(-c3cc(-c4ccccc4)n[nH]3)nnc2s1. The first-order chi connectivity index (χ1) is 14.2. The van der Waals surface area contributed by atoms with Gasteiger partial charge in [-0.15, -0.1) is 10.2 Å². The highest BCUT2D eigenvalue weighted by atomic mass is 32.1. The summed E-state index contributed by atoms with van der Waals surface area (Å²) in [5.41, 5.74) is 4.88. The maximum Gasteiger partial charge on any atom is 0.235 e. The summed E-state index contributed by atoms with van der Waals surface area (Å²) in [6.07, 6.45) is 0. The van der Waals surface area contributed by atoms with E-state index in [2.05, 4.69) is 25.5 Å². The number of para-hydroxylation sites is 1. The van der Waals surface area contributed by atoms with E-state index in [1.165, 1.54) is 11.3 Å². The van der Waals surface area contributed by atoms with Crippen LogP contribution in [0.25, 0.3) is 27.7 Å². The number of hydrogen-bond donors (Lipinski definition) is 1. The predicted molar refractivity (Wildman–Crippen MR) is 112 cm³/mol. The van der Waals surface area contributed by atoms with Crippen LogP contribution in [0.1, 0.15) is 16.1 Å². The van der Waals surface area contributed by atoms with Crippen molar-refractivity contribution in [3.05, 3.63) is 70.7 Å². The second-order valence-electron chi connectivity index (χ2n) is 6.76. The molecule has 7 nitrogen and oxygen atoms in total. The van der Waals surface area contributed by atoms with Gasteiger partial charge in [0, 0.05) is 5.56 Å². The van der Waals surface area contributed by atoms with E-state index in [4.69, 9.17) is 4.74 Å². The fraction of sp³-hybridized carbons (Fsp3) is 0.143. The van der Waals surface area contributed by atoms with Gasteiger partial charge < -0.3 is 4.74 Å². The number of aromatic amines is 1. The molecular formula is C21H18N6OS. The number of hydrogen-bond acceptors (Lipinski definition) is 6. The van der Waals surface area contributed by atoms with Gasteiger partial charge in [0.25, 0.3) is 0 Å². The molecule has 0 aliphatic carbocycles. The van der Waals surface area contributed by atoms with Crippen molar-refractivity contribution in [2.75, 3.05) is 0 Å². The Bertz CT molecular complexity index is 1270. The molecule has 0 amide bonds. The minimum Gasteiger partial charge on any atom is -0.486 e. The van der Waals surface area contributed by atoms with Crippen LogP contribution >= 0.6 is 11.3 Å². The minimum atomic E-state index is 0.386. The van der Waals surface area contributed by atoms with Crippen molar-refractivity contribution >= 4 is 16.3 Å². The Morgan fingerprint density at radius 1 is 1.00 bits per heavy atom. The summed E-state index contributed by atoms with van der Waals surface area (Å²) in [4.78, 5) is 0.718. The van der Waals surface area contributed by atoms with Gasteiger partial charge in [-0.05, 0) is 31.0 Å². The largest absolute Gasteiger partial charge is 0.486 e. The zero-order valence-electron chi connectivity index (χ0n) is 16.0. The molecule has 0 unspecified atom stereocenters. The number of ether oxygens (including phenoxy) is 1. The number of benzene rings is 2. The van der Waals surface area contributed by atoms with Gasteiger partial charge in [-0.3, -0.25) is 5.10 Å². The maximum absolute atomic E-state index is 6.03. The summed E-state index contributed by atoms with van der Waals surface area (Å²) in [5, 5.41) is 21.4. The highest BCUT2D eigenvalue weighted by Gasteiger charge is 2.16. The zero-order valence-corrected chi connectivity index (χ0v) is 16.8. The molecule has 2 aromatic carbocycles. The van der Waals surface area contributed by atoms with E-state index in [-0.39, 0.29) is 0 Å². The average molecular weight is 402 g/mol. The van der Waals surface area contributed by atoms with Crippen LogP contribution < -0.4 is 4.74 Å². The van der Waals surface area contributed by atoms with E-state index in [9.17, 15) is 0 Å². The summed E-state index contributed by atoms with van der Waals surface area (Å²) in [6, 6.07) is 18.1. The second kappa shape index (κ2) is 7.14. The smallest absolute Gasteiger partial charge is 0.235 e. The lowest BCUT2D eigenvalue weighted by atomic mass is 10.1. The fourth-order valence-corrected chi connectivity index (χ4v) is 3.98. The molecule has 0 aliphatic rings. The Kier molecular flexibility index (Phi) is 4.33. The number of rotatable bonds is 5. The highest BCUT2D eigenvalue weighted by Crippen LogP contribution is 2.26. The number of nitrogens with one attached hydrogen (secondary N) is 1. The van der Waals surface area contributed by atoms with Crippen LogP contribution in [-0.2, 0) is 6.61 Å². The van der Waals surface area contributed by atoms with E-state index < -0.39 is 0 Å². The zero-order chi connectivity index (χ0) is 19.8. The topological polar surface area (TPSA) is 81.0 Å². The van der Waals surface area contributed by atoms with Crippen LogP contribution in [0.2, 0.25) is 0 Å². The first kappa shape index (κ1) is 17.6. The number of aryl methyl sites for hydroxylation is 2. The van der Waals surface area contributed by atoms with E-state index in [0.29, 0.717) is 12.4 Å². The Hall–Kier alpha value is -3.52. The van der Waals surface area contributed by atoms with Gasteiger partial charge in [-0.25, -0.2) is 0 Å². The molecule has 0 aliphatic heterocycles. The molecule has 0 saturated heterocycles. The van der Waals surface area contributed by atoms with Gasteiger partial charge in [0.1, 0.15) is 18.1 Å². The third kappa shape index (κ3) is 3.27. The highest BCUT2D eigenvalue weighted by molar-refractivity contribution is 7.16. The molecule has 0 radical (unpaired) electrons. The lowest BCUT2D eigenvalue weighted by Crippen LogP contribution is -2.00. The van der Waals surface area contributed by atoms with Crippen molar-refractivity contribution in [1.82, 2.24) is 30.0 Å². The van der Waals surface area contributed by atoms with Crippen LogP contribution in [-0.4, -0.2) is 30.0 Å².